The number of rotatable bonds is 3. The number of nitrogens with one attached hydrogen (secondary N) is 2. The maximum Gasteiger partial charge on any atom is 0.323 e. The van der Waals surface area contributed by atoms with Crippen LogP contribution in [0.4, 0.5) is 16.2 Å². The van der Waals surface area contributed by atoms with Gasteiger partial charge in [-0.2, -0.15) is 0 Å². The van der Waals surface area contributed by atoms with Crippen molar-refractivity contribution < 1.29 is 9.90 Å². The van der Waals surface area contributed by atoms with Gasteiger partial charge in [0.05, 0.1) is 6.61 Å². The average molecular weight is 256 g/mol. The van der Waals surface area contributed by atoms with Crippen LogP contribution in [0, 0.1) is 6.92 Å². The first-order valence-electron chi connectivity index (χ1n) is 6.02. The summed E-state index contributed by atoms with van der Waals surface area (Å²) in [5.74, 6) is 0. The lowest BCUT2D eigenvalue weighted by molar-refractivity contribution is 0.262. The highest BCUT2D eigenvalue weighted by molar-refractivity contribution is 6.00. The number of aliphatic hydroxyl groups excluding tert-OH is 1. The van der Waals surface area contributed by atoms with E-state index in [9.17, 15) is 4.79 Å². The number of para-hydroxylation sites is 1. The van der Waals surface area contributed by atoms with Crippen LogP contribution in [0.3, 0.4) is 0 Å². The molecule has 0 spiro atoms. The second-order valence-corrected chi connectivity index (χ2v) is 4.25. The van der Waals surface area contributed by atoms with Gasteiger partial charge in [-0.25, -0.2) is 4.79 Å². The second-order valence-electron chi connectivity index (χ2n) is 4.25. The molecule has 4 nitrogen and oxygen atoms in total. The van der Waals surface area contributed by atoms with Gasteiger partial charge in [0.25, 0.3) is 0 Å². The molecule has 3 N–H and O–H groups in total. The fourth-order valence-electron chi connectivity index (χ4n) is 1.69. The summed E-state index contributed by atoms with van der Waals surface area (Å²) >= 11 is 0. The van der Waals surface area contributed by atoms with Gasteiger partial charge in [0, 0.05) is 11.4 Å². The SMILES string of the molecule is Cc1ccccc1NC(=O)Nc1ccc(CO)cc1. The number of aliphatic hydroxyl groups is 1. The van der Waals surface area contributed by atoms with Crippen molar-refractivity contribution in [3.05, 3.63) is 59.7 Å². The van der Waals surface area contributed by atoms with Crippen molar-refractivity contribution in [2.45, 2.75) is 13.5 Å². The molecule has 0 aliphatic heterocycles. The van der Waals surface area contributed by atoms with Gasteiger partial charge in [-0.3, -0.25) is 0 Å². The zero-order valence-electron chi connectivity index (χ0n) is 10.7. The molecule has 19 heavy (non-hydrogen) atoms. The Hall–Kier alpha value is -2.33. The first kappa shape index (κ1) is 13.1. The van der Waals surface area contributed by atoms with Gasteiger partial charge < -0.3 is 15.7 Å². The van der Waals surface area contributed by atoms with Gasteiger partial charge >= 0.3 is 6.03 Å². The maximum absolute atomic E-state index is 11.8. The van der Waals surface area contributed by atoms with E-state index < -0.39 is 0 Å². The fraction of sp³-hybridized carbons (Fsp3) is 0.133. The largest absolute Gasteiger partial charge is 0.392 e. The molecule has 0 aliphatic carbocycles. The van der Waals surface area contributed by atoms with Gasteiger partial charge in [-0.05, 0) is 36.2 Å². The quantitative estimate of drug-likeness (QED) is 0.790. The molecule has 0 saturated carbocycles. The van der Waals surface area contributed by atoms with Crippen LogP contribution in [-0.4, -0.2) is 11.1 Å². The summed E-state index contributed by atoms with van der Waals surface area (Å²) in [5.41, 5.74) is 3.29. The Balaban J connectivity index is 1.99. The van der Waals surface area contributed by atoms with Gasteiger partial charge in [0.1, 0.15) is 0 Å². The van der Waals surface area contributed by atoms with Crippen molar-refractivity contribution in [2.24, 2.45) is 0 Å². The fourth-order valence-corrected chi connectivity index (χ4v) is 1.69. The monoisotopic (exact) mass is 256 g/mol. The smallest absolute Gasteiger partial charge is 0.323 e. The lowest BCUT2D eigenvalue weighted by atomic mass is 10.2. The third kappa shape index (κ3) is 3.56. The Morgan fingerprint density at radius 3 is 2.37 bits per heavy atom. The lowest BCUT2D eigenvalue weighted by Crippen LogP contribution is -2.19. The van der Waals surface area contributed by atoms with Crippen molar-refractivity contribution in [1.82, 2.24) is 0 Å². The summed E-state index contributed by atoms with van der Waals surface area (Å²) in [6.07, 6.45) is 0. The van der Waals surface area contributed by atoms with E-state index in [2.05, 4.69) is 10.6 Å². The first-order chi connectivity index (χ1) is 9.19. The molecule has 2 rings (SSSR count). The summed E-state index contributed by atoms with van der Waals surface area (Å²) < 4.78 is 0. The number of hydrogen-bond donors (Lipinski definition) is 3. The van der Waals surface area contributed by atoms with Crippen LogP contribution in [-0.2, 0) is 6.61 Å². The van der Waals surface area contributed by atoms with Gasteiger partial charge in [-0.15, -0.1) is 0 Å². The Labute approximate surface area is 112 Å². The van der Waals surface area contributed by atoms with Crippen LogP contribution in [0.2, 0.25) is 0 Å². The summed E-state index contributed by atoms with van der Waals surface area (Å²) in [4.78, 5) is 11.8. The first-order valence-corrected chi connectivity index (χ1v) is 6.02. The maximum atomic E-state index is 11.8. The Morgan fingerprint density at radius 2 is 1.74 bits per heavy atom. The number of benzene rings is 2. The molecule has 0 radical (unpaired) electrons. The van der Waals surface area contributed by atoms with Crippen LogP contribution >= 0.6 is 0 Å². The molecule has 0 heterocycles. The predicted octanol–water partition coefficient (Wildman–Crippen LogP) is 3.13. The molecule has 2 amide bonds. The highest BCUT2D eigenvalue weighted by atomic mass is 16.3. The zero-order valence-corrected chi connectivity index (χ0v) is 10.7. The van der Waals surface area contributed by atoms with Crippen LogP contribution in [0.25, 0.3) is 0 Å². The second kappa shape index (κ2) is 6.02. The molecule has 0 unspecified atom stereocenters. The third-order valence-corrected chi connectivity index (χ3v) is 2.79. The number of urea groups is 1. The van der Waals surface area contributed by atoms with Crippen molar-refractivity contribution in [2.75, 3.05) is 10.6 Å². The number of anilines is 2. The molecule has 0 atom stereocenters. The standard InChI is InChI=1S/C15H16N2O2/c1-11-4-2-3-5-14(11)17-15(19)16-13-8-6-12(10-18)7-9-13/h2-9,18H,10H2,1H3,(H2,16,17,19). The third-order valence-electron chi connectivity index (χ3n) is 2.79. The Kier molecular flexibility index (Phi) is 4.15. The molecule has 0 saturated heterocycles. The van der Waals surface area contributed by atoms with E-state index in [1.165, 1.54) is 0 Å². The predicted molar refractivity (Wildman–Crippen MR) is 76.2 cm³/mol. The van der Waals surface area contributed by atoms with Crippen molar-refractivity contribution in [1.29, 1.82) is 0 Å². The molecular formula is C15H16N2O2. The number of amides is 2. The van der Waals surface area contributed by atoms with E-state index in [1.807, 2.05) is 31.2 Å². The molecule has 0 aromatic heterocycles. The van der Waals surface area contributed by atoms with E-state index in [1.54, 1.807) is 24.3 Å². The highest BCUT2D eigenvalue weighted by Crippen LogP contribution is 2.14. The van der Waals surface area contributed by atoms with E-state index in [4.69, 9.17) is 5.11 Å². The molecule has 4 heteroatoms. The molecule has 0 fully saturated rings. The van der Waals surface area contributed by atoms with Crippen LogP contribution in [0.1, 0.15) is 11.1 Å². The van der Waals surface area contributed by atoms with Crippen molar-refractivity contribution in [3.63, 3.8) is 0 Å². The van der Waals surface area contributed by atoms with Gasteiger partial charge in [0.2, 0.25) is 0 Å². The number of carbonyl (C=O) groups is 1. The van der Waals surface area contributed by atoms with E-state index in [0.717, 1.165) is 16.8 Å². The normalized spacial score (nSPS) is 10.0. The zero-order chi connectivity index (χ0) is 13.7. The minimum atomic E-state index is -0.286. The number of aryl methyl sites for hydroxylation is 1. The summed E-state index contributed by atoms with van der Waals surface area (Å²) in [6.45, 7) is 1.93. The molecule has 2 aromatic carbocycles. The lowest BCUT2D eigenvalue weighted by Gasteiger charge is -2.09. The van der Waals surface area contributed by atoms with E-state index >= 15 is 0 Å². The summed E-state index contributed by atoms with van der Waals surface area (Å²) in [5, 5.41) is 14.5. The Bertz CT molecular complexity index is 565. The minimum absolute atomic E-state index is 0.00428. The van der Waals surface area contributed by atoms with Gasteiger partial charge in [0.15, 0.2) is 0 Å². The molecule has 2 aromatic rings. The minimum Gasteiger partial charge on any atom is -0.392 e. The van der Waals surface area contributed by atoms with Crippen LogP contribution in [0.5, 0.6) is 0 Å². The molecule has 0 aliphatic rings. The Morgan fingerprint density at radius 1 is 1.05 bits per heavy atom. The topological polar surface area (TPSA) is 61.4 Å². The van der Waals surface area contributed by atoms with Crippen LogP contribution < -0.4 is 10.6 Å². The number of carbonyl (C=O) groups excluding carboxylic acids is 1. The van der Waals surface area contributed by atoms with E-state index in [-0.39, 0.29) is 12.6 Å². The van der Waals surface area contributed by atoms with Gasteiger partial charge in [-0.1, -0.05) is 30.3 Å². The average Bonchev–Trinajstić information content (AvgIpc) is 2.42. The highest BCUT2D eigenvalue weighted by Gasteiger charge is 2.04. The summed E-state index contributed by atoms with van der Waals surface area (Å²) in [6, 6.07) is 14.3. The van der Waals surface area contributed by atoms with Crippen LogP contribution in [0.15, 0.2) is 48.5 Å². The molecule has 98 valence electrons. The van der Waals surface area contributed by atoms with Crippen molar-refractivity contribution in [3.8, 4) is 0 Å². The molecular weight excluding hydrogens is 240 g/mol. The number of hydrogen-bond acceptors (Lipinski definition) is 2. The summed E-state index contributed by atoms with van der Waals surface area (Å²) in [7, 11) is 0. The van der Waals surface area contributed by atoms with E-state index in [0.29, 0.717) is 5.69 Å². The molecule has 0 bridgehead atoms. The van der Waals surface area contributed by atoms with Crippen molar-refractivity contribution >= 4 is 17.4 Å².